The molecule has 2 bridgehead atoms. The van der Waals surface area contributed by atoms with E-state index in [9.17, 15) is 19.5 Å². The molecule has 2 fully saturated rings. The van der Waals surface area contributed by atoms with Gasteiger partial charge in [-0.2, -0.15) is 0 Å². The Bertz CT molecular complexity index is 1050. The van der Waals surface area contributed by atoms with Crippen LogP contribution in [0.15, 0.2) is 23.1 Å². The minimum absolute atomic E-state index is 0.0547. The maximum absolute atomic E-state index is 15.1. The SMILES string of the molecule is CCn1cc(C(=O)O)c(=O)c2cc(F)c(N3C4CCC3CC(NC(C)=O)C4)cc21. The van der Waals surface area contributed by atoms with Gasteiger partial charge in [0.2, 0.25) is 11.3 Å². The number of pyridine rings is 1. The summed E-state index contributed by atoms with van der Waals surface area (Å²) in [4.78, 5) is 37.4. The van der Waals surface area contributed by atoms with Gasteiger partial charge in [0, 0.05) is 43.2 Å². The molecular weight excluding hydrogens is 377 g/mol. The topological polar surface area (TPSA) is 91.6 Å². The van der Waals surface area contributed by atoms with Crippen LogP contribution in [-0.4, -0.2) is 39.7 Å². The van der Waals surface area contributed by atoms with E-state index in [1.54, 1.807) is 10.6 Å². The van der Waals surface area contributed by atoms with Gasteiger partial charge in [-0.1, -0.05) is 0 Å². The van der Waals surface area contributed by atoms with Crippen molar-refractivity contribution in [2.45, 2.75) is 64.2 Å². The van der Waals surface area contributed by atoms with Crippen LogP contribution < -0.4 is 15.6 Å². The summed E-state index contributed by atoms with van der Waals surface area (Å²) >= 11 is 0. The number of nitrogens with zero attached hydrogens (tertiary/aromatic N) is 2. The highest BCUT2D eigenvalue weighted by atomic mass is 19.1. The normalized spacial score (nSPS) is 23.4. The van der Waals surface area contributed by atoms with Gasteiger partial charge in [0.15, 0.2) is 0 Å². The summed E-state index contributed by atoms with van der Waals surface area (Å²) < 4.78 is 16.8. The number of hydrogen-bond acceptors (Lipinski definition) is 4. The third-order valence-electron chi connectivity index (χ3n) is 6.14. The first kappa shape index (κ1) is 19.4. The highest BCUT2D eigenvalue weighted by molar-refractivity contribution is 5.93. The number of hydrogen-bond donors (Lipinski definition) is 2. The molecule has 0 saturated carbocycles. The maximum atomic E-state index is 15.1. The number of rotatable bonds is 4. The number of amides is 1. The molecule has 154 valence electrons. The van der Waals surface area contributed by atoms with Crippen LogP contribution in [0, 0.1) is 5.82 Å². The fourth-order valence-electron chi connectivity index (χ4n) is 4.99. The fourth-order valence-corrected chi connectivity index (χ4v) is 4.99. The fraction of sp³-hybridized carbons (Fsp3) is 0.476. The van der Waals surface area contributed by atoms with Crippen molar-refractivity contribution in [1.82, 2.24) is 9.88 Å². The van der Waals surface area contributed by atoms with Gasteiger partial charge in [0.25, 0.3) is 0 Å². The lowest BCUT2D eigenvalue weighted by Crippen LogP contribution is -2.50. The predicted octanol–water partition coefficient (Wildman–Crippen LogP) is 2.49. The van der Waals surface area contributed by atoms with Crippen LogP contribution in [0.2, 0.25) is 0 Å². The molecule has 2 aromatic rings. The Kier molecular flexibility index (Phi) is 4.80. The van der Waals surface area contributed by atoms with Crippen LogP contribution in [0.5, 0.6) is 0 Å². The van der Waals surface area contributed by atoms with Gasteiger partial charge >= 0.3 is 5.97 Å². The van der Waals surface area contributed by atoms with Crippen molar-refractivity contribution in [3.8, 4) is 0 Å². The number of fused-ring (bicyclic) bond motifs is 3. The van der Waals surface area contributed by atoms with Crippen molar-refractivity contribution in [3.63, 3.8) is 0 Å². The van der Waals surface area contributed by atoms with Gasteiger partial charge in [-0.3, -0.25) is 9.59 Å². The zero-order valence-corrected chi connectivity index (χ0v) is 16.4. The van der Waals surface area contributed by atoms with Gasteiger partial charge in [-0.05, 0) is 44.7 Å². The average molecular weight is 401 g/mol. The molecule has 2 saturated heterocycles. The molecule has 29 heavy (non-hydrogen) atoms. The minimum atomic E-state index is -1.32. The van der Waals surface area contributed by atoms with E-state index in [0.29, 0.717) is 17.7 Å². The minimum Gasteiger partial charge on any atom is -0.477 e. The highest BCUT2D eigenvalue weighted by Gasteiger charge is 2.42. The van der Waals surface area contributed by atoms with Gasteiger partial charge in [-0.15, -0.1) is 0 Å². The van der Waals surface area contributed by atoms with E-state index in [-0.39, 0.29) is 35.0 Å². The second-order valence-corrected chi connectivity index (χ2v) is 7.94. The van der Waals surface area contributed by atoms with Crippen LogP contribution in [0.4, 0.5) is 10.1 Å². The van der Waals surface area contributed by atoms with E-state index >= 15 is 4.39 Å². The molecule has 3 heterocycles. The lowest BCUT2D eigenvalue weighted by atomic mass is 9.96. The summed E-state index contributed by atoms with van der Waals surface area (Å²) in [6.45, 7) is 3.81. The molecule has 2 atom stereocenters. The summed E-state index contributed by atoms with van der Waals surface area (Å²) in [5.41, 5.74) is -0.0593. The number of anilines is 1. The molecule has 0 aliphatic carbocycles. The smallest absolute Gasteiger partial charge is 0.341 e. The Hall–Kier alpha value is -2.90. The number of aromatic nitrogens is 1. The number of benzene rings is 1. The Labute approximate surface area is 167 Å². The zero-order chi connectivity index (χ0) is 20.9. The molecule has 1 amide bonds. The zero-order valence-electron chi connectivity index (χ0n) is 16.4. The first-order valence-corrected chi connectivity index (χ1v) is 9.95. The lowest BCUT2D eigenvalue weighted by Gasteiger charge is -2.41. The van der Waals surface area contributed by atoms with Gasteiger partial charge in [0.1, 0.15) is 11.4 Å². The Morgan fingerprint density at radius 2 is 1.90 bits per heavy atom. The Morgan fingerprint density at radius 1 is 1.24 bits per heavy atom. The summed E-state index contributed by atoms with van der Waals surface area (Å²) in [6.07, 6.45) is 4.69. The number of carbonyl (C=O) groups is 2. The standard InChI is InChI=1S/C21H24FN3O4/c1-3-24-10-16(21(28)29)20(27)15-8-17(22)19(9-18(15)24)25-13-4-5-14(25)7-12(6-13)23-11(2)26/h8-10,12-14H,3-7H2,1-2H3,(H,23,26)(H,28,29). The van der Waals surface area contributed by atoms with Gasteiger partial charge in [0.05, 0.1) is 11.2 Å². The van der Waals surface area contributed by atoms with Crippen molar-refractivity contribution >= 4 is 28.5 Å². The third kappa shape index (κ3) is 3.26. The molecule has 1 aromatic heterocycles. The Balaban J connectivity index is 1.79. The second-order valence-electron chi connectivity index (χ2n) is 7.94. The van der Waals surface area contributed by atoms with Crippen molar-refractivity contribution in [3.05, 3.63) is 39.9 Å². The van der Waals surface area contributed by atoms with Crippen molar-refractivity contribution < 1.29 is 19.1 Å². The second kappa shape index (κ2) is 7.17. The van der Waals surface area contributed by atoms with E-state index < -0.39 is 17.2 Å². The number of aryl methyl sites for hydroxylation is 1. The number of halogens is 1. The third-order valence-corrected chi connectivity index (χ3v) is 6.14. The summed E-state index contributed by atoms with van der Waals surface area (Å²) in [6, 6.07) is 3.18. The van der Waals surface area contributed by atoms with Gasteiger partial charge in [-0.25, -0.2) is 9.18 Å². The number of carboxylic acid groups (broad SMARTS) is 1. The highest BCUT2D eigenvalue weighted by Crippen LogP contribution is 2.41. The van der Waals surface area contributed by atoms with E-state index in [1.165, 1.54) is 19.2 Å². The first-order chi connectivity index (χ1) is 13.8. The first-order valence-electron chi connectivity index (χ1n) is 9.95. The van der Waals surface area contributed by atoms with Gasteiger partial charge < -0.3 is 19.9 Å². The van der Waals surface area contributed by atoms with Crippen LogP contribution in [0.1, 0.15) is 49.9 Å². The number of piperidine rings is 1. The number of carboxylic acids is 1. The number of carbonyl (C=O) groups excluding carboxylic acids is 1. The molecule has 2 unspecified atom stereocenters. The van der Waals surface area contributed by atoms with E-state index in [1.807, 2.05) is 6.92 Å². The largest absolute Gasteiger partial charge is 0.477 e. The van der Waals surface area contributed by atoms with E-state index in [2.05, 4.69) is 10.2 Å². The monoisotopic (exact) mass is 401 g/mol. The summed E-state index contributed by atoms with van der Waals surface area (Å²) in [5, 5.41) is 12.4. The molecule has 4 rings (SSSR count). The van der Waals surface area contributed by atoms with E-state index in [0.717, 1.165) is 25.7 Å². The summed E-state index contributed by atoms with van der Waals surface area (Å²) in [5.74, 6) is -1.89. The molecule has 7 nitrogen and oxygen atoms in total. The number of aromatic carboxylic acids is 1. The van der Waals surface area contributed by atoms with Crippen LogP contribution in [0.25, 0.3) is 10.9 Å². The predicted molar refractivity (Wildman–Crippen MR) is 107 cm³/mol. The molecule has 0 radical (unpaired) electrons. The van der Waals surface area contributed by atoms with Crippen molar-refractivity contribution in [2.75, 3.05) is 4.90 Å². The summed E-state index contributed by atoms with van der Waals surface area (Å²) in [7, 11) is 0. The van der Waals surface area contributed by atoms with Crippen LogP contribution in [0.3, 0.4) is 0 Å². The molecule has 0 spiro atoms. The lowest BCUT2D eigenvalue weighted by molar-refractivity contribution is -0.119. The van der Waals surface area contributed by atoms with Crippen molar-refractivity contribution in [2.24, 2.45) is 0 Å². The van der Waals surface area contributed by atoms with E-state index in [4.69, 9.17) is 0 Å². The van der Waals surface area contributed by atoms with Crippen molar-refractivity contribution in [1.29, 1.82) is 0 Å². The quantitative estimate of drug-likeness (QED) is 0.821. The number of nitrogens with one attached hydrogen (secondary N) is 1. The molecular formula is C21H24FN3O4. The molecule has 2 N–H and O–H groups in total. The average Bonchev–Trinajstić information content (AvgIpc) is 2.91. The molecule has 2 aliphatic rings. The molecule has 2 aliphatic heterocycles. The maximum Gasteiger partial charge on any atom is 0.341 e. The van der Waals surface area contributed by atoms with Crippen LogP contribution >= 0.6 is 0 Å². The molecule has 1 aromatic carbocycles. The van der Waals surface area contributed by atoms with Crippen LogP contribution in [-0.2, 0) is 11.3 Å². The molecule has 8 heteroatoms. The Morgan fingerprint density at radius 3 is 2.45 bits per heavy atom.